The van der Waals surface area contributed by atoms with Crippen molar-refractivity contribution in [3.05, 3.63) is 18.0 Å². The van der Waals surface area contributed by atoms with Crippen LogP contribution in [0.15, 0.2) is 17.2 Å². The topological polar surface area (TPSA) is 135 Å². The van der Waals surface area contributed by atoms with Gasteiger partial charge in [-0.3, -0.25) is 14.5 Å². The number of aromatic nitrogens is 1. The van der Waals surface area contributed by atoms with Gasteiger partial charge >= 0.3 is 5.97 Å². The molecule has 0 bridgehead atoms. The fraction of sp³-hybridized carbons (Fsp3) is 0.571. The second kappa shape index (κ2) is 6.91. The Balaban J connectivity index is 1.98. The molecule has 1 aromatic heterocycles. The number of carbonyl (C=O) groups excluding carboxylic acids is 1. The van der Waals surface area contributed by atoms with E-state index >= 15 is 0 Å². The molecule has 1 fully saturated rings. The van der Waals surface area contributed by atoms with Gasteiger partial charge in [-0.05, 0) is 25.5 Å². The third-order valence-electron chi connectivity index (χ3n) is 4.24. The number of carbonyl (C=O) groups is 2. The van der Waals surface area contributed by atoms with Crippen LogP contribution in [0.1, 0.15) is 30.3 Å². The van der Waals surface area contributed by atoms with Gasteiger partial charge in [0, 0.05) is 25.3 Å². The first kappa shape index (κ1) is 18.4. The Bertz CT molecular complexity index is 736. The van der Waals surface area contributed by atoms with Crippen molar-refractivity contribution >= 4 is 21.9 Å². The summed E-state index contributed by atoms with van der Waals surface area (Å²) in [6, 6.07) is 1.04. The summed E-state index contributed by atoms with van der Waals surface area (Å²) in [4.78, 5) is 23.8. The highest BCUT2D eigenvalue weighted by Crippen LogP contribution is 2.27. The van der Waals surface area contributed by atoms with E-state index in [0.717, 1.165) is 0 Å². The van der Waals surface area contributed by atoms with E-state index in [2.05, 4.69) is 4.72 Å². The standard InChI is InChI=1S/C14H22N4O5S/c1-3-18(8-13(19)20)10-4-9(5-10)16-24(22,23)11-6-12(14(15)21)17(2)7-11/h6-7,9-10,16H,3-5,8H2,1-2H3,(H2,15,21)(H,19,20). The number of primary amides is 1. The van der Waals surface area contributed by atoms with E-state index in [-0.39, 0.29) is 29.2 Å². The molecule has 0 saturated heterocycles. The average molecular weight is 358 g/mol. The number of sulfonamides is 1. The number of nitrogens with two attached hydrogens (primary N) is 1. The second-order valence-electron chi connectivity index (χ2n) is 5.94. The van der Waals surface area contributed by atoms with Crippen molar-refractivity contribution in [1.29, 1.82) is 0 Å². The largest absolute Gasteiger partial charge is 0.480 e. The number of rotatable bonds is 8. The molecule has 1 aliphatic carbocycles. The van der Waals surface area contributed by atoms with Crippen molar-refractivity contribution in [2.45, 2.75) is 36.7 Å². The summed E-state index contributed by atoms with van der Waals surface area (Å²) >= 11 is 0. The fourth-order valence-electron chi connectivity index (χ4n) is 2.87. The molecule has 24 heavy (non-hydrogen) atoms. The van der Waals surface area contributed by atoms with Crippen LogP contribution in [0.2, 0.25) is 0 Å². The molecule has 134 valence electrons. The number of nitrogens with one attached hydrogen (secondary N) is 1. The van der Waals surface area contributed by atoms with Crippen molar-refractivity contribution in [1.82, 2.24) is 14.2 Å². The van der Waals surface area contributed by atoms with Gasteiger partial charge in [0.15, 0.2) is 0 Å². The maximum atomic E-state index is 12.4. The molecule has 10 heteroatoms. The van der Waals surface area contributed by atoms with Gasteiger partial charge in [0.05, 0.1) is 6.54 Å². The molecule has 0 aromatic carbocycles. The minimum absolute atomic E-state index is 0.0138. The predicted molar refractivity (Wildman–Crippen MR) is 85.9 cm³/mol. The van der Waals surface area contributed by atoms with Gasteiger partial charge in [0.1, 0.15) is 10.6 Å². The van der Waals surface area contributed by atoms with Crippen molar-refractivity contribution in [3.8, 4) is 0 Å². The smallest absolute Gasteiger partial charge is 0.317 e. The third kappa shape index (κ3) is 3.94. The summed E-state index contributed by atoms with van der Waals surface area (Å²) in [5, 5.41) is 8.86. The van der Waals surface area contributed by atoms with E-state index in [0.29, 0.717) is 19.4 Å². The Morgan fingerprint density at radius 2 is 2.08 bits per heavy atom. The summed E-state index contributed by atoms with van der Waals surface area (Å²) in [5.41, 5.74) is 5.30. The van der Waals surface area contributed by atoms with E-state index in [1.807, 2.05) is 6.92 Å². The van der Waals surface area contributed by atoms with E-state index in [9.17, 15) is 18.0 Å². The maximum absolute atomic E-state index is 12.4. The van der Waals surface area contributed by atoms with Crippen LogP contribution >= 0.6 is 0 Å². The Morgan fingerprint density at radius 3 is 2.54 bits per heavy atom. The Morgan fingerprint density at radius 1 is 1.46 bits per heavy atom. The first-order valence-corrected chi connectivity index (χ1v) is 9.06. The van der Waals surface area contributed by atoms with E-state index in [1.165, 1.54) is 16.8 Å². The van der Waals surface area contributed by atoms with Gasteiger partial charge in [0.25, 0.3) is 5.91 Å². The molecule has 0 unspecified atom stereocenters. The maximum Gasteiger partial charge on any atom is 0.317 e. The highest BCUT2D eigenvalue weighted by molar-refractivity contribution is 7.89. The lowest BCUT2D eigenvalue weighted by atomic mass is 9.86. The summed E-state index contributed by atoms with van der Waals surface area (Å²) in [6.07, 6.45) is 2.44. The number of aryl methyl sites for hydroxylation is 1. The van der Waals surface area contributed by atoms with Gasteiger partial charge in [-0.2, -0.15) is 0 Å². The first-order valence-electron chi connectivity index (χ1n) is 7.58. The van der Waals surface area contributed by atoms with Crippen molar-refractivity contribution < 1.29 is 23.1 Å². The average Bonchev–Trinajstić information content (AvgIpc) is 2.83. The fourth-order valence-corrected chi connectivity index (χ4v) is 4.20. The van der Waals surface area contributed by atoms with Crippen LogP contribution in [0.5, 0.6) is 0 Å². The lowest BCUT2D eigenvalue weighted by molar-refractivity contribution is -0.139. The molecule has 1 saturated carbocycles. The lowest BCUT2D eigenvalue weighted by Gasteiger charge is -2.41. The van der Waals surface area contributed by atoms with Gasteiger partial charge in [-0.15, -0.1) is 0 Å². The Hall–Kier alpha value is -1.91. The zero-order valence-corrected chi connectivity index (χ0v) is 14.4. The summed E-state index contributed by atoms with van der Waals surface area (Å²) in [5.74, 6) is -1.60. The minimum atomic E-state index is -3.75. The monoisotopic (exact) mass is 358 g/mol. The van der Waals surface area contributed by atoms with Crippen LogP contribution in [0.3, 0.4) is 0 Å². The first-order chi connectivity index (χ1) is 11.1. The quantitative estimate of drug-likeness (QED) is 0.565. The molecule has 2 rings (SSSR count). The minimum Gasteiger partial charge on any atom is -0.480 e. The number of carboxylic acids is 1. The number of aliphatic carboxylic acids is 1. The molecule has 1 aliphatic rings. The van der Waals surface area contributed by atoms with Gasteiger partial charge in [-0.25, -0.2) is 13.1 Å². The number of hydrogen-bond acceptors (Lipinski definition) is 5. The van der Waals surface area contributed by atoms with Crippen molar-refractivity contribution in [2.24, 2.45) is 12.8 Å². The van der Waals surface area contributed by atoms with Crippen LogP contribution in [0.4, 0.5) is 0 Å². The second-order valence-corrected chi connectivity index (χ2v) is 7.65. The number of likely N-dealkylation sites (N-methyl/N-ethyl adjacent to an activating group) is 1. The van der Waals surface area contributed by atoms with E-state index in [4.69, 9.17) is 10.8 Å². The van der Waals surface area contributed by atoms with Crippen LogP contribution in [0.25, 0.3) is 0 Å². The van der Waals surface area contributed by atoms with Crippen LogP contribution in [-0.4, -0.2) is 60.0 Å². The van der Waals surface area contributed by atoms with E-state index < -0.39 is 21.9 Å². The van der Waals surface area contributed by atoms with Crippen LogP contribution < -0.4 is 10.5 Å². The van der Waals surface area contributed by atoms with Crippen LogP contribution in [-0.2, 0) is 21.9 Å². The molecule has 4 N–H and O–H groups in total. The number of carboxylic acid groups (broad SMARTS) is 1. The lowest BCUT2D eigenvalue weighted by Crippen LogP contribution is -2.54. The molecule has 0 aliphatic heterocycles. The summed E-state index contributed by atoms with van der Waals surface area (Å²) in [7, 11) is -2.20. The Kier molecular flexibility index (Phi) is 5.31. The third-order valence-corrected chi connectivity index (χ3v) is 5.73. The molecule has 0 atom stereocenters. The zero-order valence-electron chi connectivity index (χ0n) is 13.6. The zero-order chi connectivity index (χ0) is 18.1. The van der Waals surface area contributed by atoms with Gasteiger partial charge in [-0.1, -0.05) is 6.92 Å². The van der Waals surface area contributed by atoms with E-state index in [1.54, 1.807) is 11.9 Å². The molecule has 1 heterocycles. The predicted octanol–water partition coefficient (Wildman–Crippen LogP) is -0.660. The molecule has 1 amide bonds. The normalized spacial score (nSPS) is 20.8. The molecule has 0 radical (unpaired) electrons. The molecule has 0 spiro atoms. The van der Waals surface area contributed by atoms with Gasteiger partial charge < -0.3 is 15.4 Å². The van der Waals surface area contributed by atoms with Crippen molar-refractivity contribution in [2.75, 3.05) is 13.1 Å². The van der Waals surface area contributed by atoms with Crippen LogP contribution in [0, 0.1) is 0 Å². The van der Waals surface area contributed by atoms with Crippen molar-refractivity contribution in [3.63, 3.8) is 0 Å². The molecule has 1 aromatic rings. The molecular formula is C14H22N4O5S. The highest BCUT2D eigenvalue weighted by Gasteiger charge is 2.36. The molecular weight excluding hydrogens is 336 g/mol. The Labute approximate surface area is 140 Å². The van der Waals surface area contributed by atoms with Gasteiger partial charge in [0.2, 0.25) is 10.0 Å². The summed E-state index contributed by atoms with van der Waals surface area (Å²) < 4.78 is 28.7. The summed E-state index contributed by atoms with van der Waals surface area (Å²) in [6.45, 7) is 2.41. The molecule has 9 nitrogen and oxygen atoms in total. The number of hydrogen-bond donors (Lipinski definition) is 3. The number of nitrogens with zero attached hydrogens (tertiary/aromatic N) is 2. The SMILES string of the molecule is CCN(CC(=O)O)C1CC(NS(=O)(=O)c2cc(C(N)=O)n(C)c2)C1. The highest BCUT2D eigenvalue weighted by atomic mass is 32.2. The number of amides is 1.